The second kappa shape index (κ2) is 7.21. The van der Waals surface area contributed by atoms with E-state index in [1.807, 2.05) is 24.3 Å². The van der Waals surface area contributed by atoms with Gasteiger partial charge in [0.1, 0.15) is 5.78 Å². The van der Waals surface area contributed by atoms with Crippen LogP contribution >= 0.6 is 11.6 Å². The van der Waals surface area contributed by atoms with Crippen LogP contribution < -0.4 is 0 Å². The Hall–Kier alpha value is -0.900. The van der Waals surface area contributed by atoms with Gasteiger partial charge < -0.3 is 4.90 Å². The van der Waals surface area contributed by atoms with Crippen molar-refractivity contribution < 1.29 is 4.79 Å². The van der Waals surface area contributed by atoms with E-state index in [-0.39, 0.29) is 11.7 Å². The van der Waals surface area contributed by atoms with Crippen molar-refractivity contribution in [1.29, 1.82) is 0 Å². The number of piperazine rings is 1. The highest BCUT2D eigenvalue weighted by atomic mass is 35.5. The lowest BCUT2D eigenvalue weighted by Crippen LogP contribution is -2.47. The largest absolute Gasteiger partial charge is 0.301 e. The van der Waals surface area contributed by atoms with Crippen molar-refractivity contribution in [2.45, 2.75) is 19.8 Å². The number of Topliss-reactive ketones (excluding diaryl/α,β-unsaturated/α-hetero) is 1. The van der Waals surface area contributed by atoms with Crippen molar-refractivity contribution in [1.82, 2.24) is 9.80 Å². The molecule has 1 atom stereocenters. The predicted octanol–water partition coefficient (Wildman–Crippen LogP) is 2.65. The maximum Gasteiger partial charge on any atom is 0.138 e. The van der Waals surface area contributed by atoms with Crippen LogP contribution in [0.25, 0.3) is 0 Å². The lowest BCUT2D eigenvalue weighted by atomic mass is 9.94. The number of carbonyl (C=O) groups excluding carboxylic acids is 1. The van der Waals surface area contributed by atoms with Crippen molar-refractivity contribution in [3.05, 3.63) is 34.9 Å². The van der Waals surface area contributed by atoms with E-state index in [9.17, 15) is 4.79 Å². The molecule has 1 aromatic carbocycles. The fraction of sp³-hybridized carbons (Fsp3) is 0.562. The molecule has 0 N–H and O–H groups in total. The summed E-state index contributed by atoms with van der Waals surface area (Å²) in [5.41, 5.74) is 1.07. The highest BCUT2D eigenvalue weighted by Gasteiger charge is 2.23. The van der Waals surface area contributed by atoms with Crippen LogP contribution in [0.15, 0.2) is 24.3 Å². The lowest BCUT2D eigenvalue weighted by Gasteiger charge is -2.35. The average molecular weight is 295 g/mol. The molecule has 0 unspecified atom stereocenters. The molecule has 0 radical (unpaired) electrons. The molecule has 1 aliphatic rings. The van der Waals surface area contributed by atoms with Crippen molar-refractivity contribution in [2.75, 3.05) is 39.3 Å². The first-order valence-corrected chi connectivity index (χ1v) is 7.68. The molecule has 0 spiro atoms. The Kier molecular flexibility index (Phi) is 5.58. The van der Waals surface area contributed by atoms with Gasteiger partial charge in [-0.15, -0.1) is 0 Å². The topological polar surface area (TPSA) is 23.6 Å². The third-order valence-corrected chi connectivity index (χ3v) is 4.37. The molecule has 1 heterocycles. The Balaban J connectivity index is 2.00. The van der Waals surface area contributed by atoms with E-state index in [1.165, 1.54) is 0 Å². The number of ketones is 1. The first-order chi connectivity index (χ1) is 9.60. The Labute approximate surface area is 126 Å². The molecule has 0 amide bonds. The molecule has 110 valence electrons. The van der Waals surface area contributed by atoms with Crippen LogP contribution in [-0.4, -0.2) is 54.9 Å². The van der Waals surface area contributed by atoms with Crippen molar-refractivity contribution in [3.8, 4) is 0 Å². The summed E-state index contributed by atoms with van der Waals surface area (Å²) in [5.74, 6) is 0.186. The van der Waals surface area contributed by atoms with Gasteiger partial charge in [-0.05, 0) is 31.2 Å². The second-order valence-electron chi connectivity index (χ2n) is 5.45. The van der Waals surface area contributed by atoms with Gasteiger partial charge in [0, 0.05) is 37.7 Å². The molecular weight excluding hydrogens is 272 g/mol. The summed E-state index contributed by atoms with van der Waals surface area (Å²) in [5, 5.41) is 0.715. The summed E-state index contributed by atoms with van der Waals surface area (Å²) in [7, 11) is 0. The van der Waals surface area contributed by atoms with Crippen LogP contribution in [0.3, 0.4) is 0 Å². The Morgan fingerprint density at radius 3 is 2.20 bits per heavy atom. The maximum atomic E-state index is 12.0. The van der Waals surface area contributed by atoms with E-state index < -0.39 is 0 Å². The molecule has 0 aromatic heterocycles. The maximum absolute atomic E-state index is 12.0. The Bertz CT molecular complexity index is 438. The minimum atomic E-state index is -0.0413. The molecule has 20 heavy (non-hydrogen) atoms. The molecular formula is C16H23ClN2O. The fourth-order valence-electron chi connectivity index (χ4n) is 2.71. The van der Waals surface area contributed by atoms with Crippen LogP contribution in [0.4, 0.5) is 0 Å². The predicted molar refractivity (Wildman–Crippen MR) is 83.4 cm³/mol. The number of nitrogens with zero attached hydrogens (tertiary/aromatic N) is 2. The molecule has 3 nitrogen and oxygen atoms in total. The van der Waals surface area contributed by atoms with Crippen LogP contribution in [0, 0.1) is 0 Å². The molecule has 2 rings (SSSR count). The van der Waals surface area contributed by atoms with E-state index in [4.69, 9.17) is 11.6 Å². The van der Waals surface area contributed by atoms with Gasteiger partial charge >= 0.3 is 0 Å². The van der Waals surface area contributed by atoms with Gasteiger partial charge in [-0.25, -0.2) is 0 Å². The zero-order valence-electron chi connectivity index (χ0n) is 12.3. The van der Waals surface area contributed by atoms with Gasteiger partial charge in [-0.1, -0.05) is 30.7 Å². The average Bonchev–Trinajstić information content (AvgIpc) is 2.46. The number of hydrogen-bond acceptors (Lipinski definition) is 3. The molecule has 1 aromatic rings. The third-order valence-electron chi connectivity index (χ3n) is 4.12. The summed E-state index contributed by atoms with van der Waals surface area (Å²) < 4.78 is 0. The summed E-state index contributed by atoms with van der Waals surface area (Å²) >= 11 is 5.92. The number of benzene rings is 1. The third kappa shape index (κ3) is 4.05. The van der Waals surface area contributed by atoms with Gasteiger partial charge in [-0.3, -0.25) is 9.69 Å². The number of likely N-dealkylation sites (N-methyl/N-ethyl adjacent to an activating group) is 1. The smallest absolute Gasteiger partial charge is 0.138 e. The highest BCUT2D eigenvalue weighted by Crippen LogP contribution is 2.21. The van der Waals surface area contributed by atoms with Crippen LogP contribution in [0.5, 0.6) is 0 Å². The molecule has 1 fully saturated rings. The van der Waals surface area contributed by atoms with E-state index >= 15 is 0 Å². The van der Waals surface area contributed by atoms with E-state index in [0.717, 1.165) is 44.8 Å². The number of hydrogen-bond donors (Lipinski definition) is 0. The lowest BCUT2D eigenvalue weighted by molar-refractivity contribution is -0.119. The van der Waals surface area contributed by atoms with Gasteiger partial charge in [0.15, 0.2) is 0 Å². The van der Waals surface area contributed by atoms with E-state index in [2.05, 4.69) is 16.7 Å². The minimum absolute atomic E-state index is 0.0413. The van der Waals surface area contributed by atoms with Crippen molar-refractivity contribution in [3.63, 3.8) is 0 Å². The fourth-order valence-corrected chi connectivity index (χ4v) is 2.84. The van der Waals surface area contributed by atoms with Crippen LogP contribution in [-0.2, 0) is 4.79 Å². The highest BCUT2D eigenvalue weighted by molar-refractivity contribution is 6.30. The molecule has 1 saturated heterocycles. The summed E-state index contributed by atoms with van der Waals surface area (Å²) in [6, 6.07) is 7.66. The van der Waals surface area contributed by atoms with Crippen molar-refractivity contribution >= 4 is 17.4 Å². The summed E-state index contributed by atoms with van der Waals surface area (Å²) in [4.78, 5) is 16.8. The molecule has 0 aliphatic carbocycles. The normalized spacial score (nSPS) is 18.9. The molecule has 1 aliphatic heterocycles. The molecule has 0 saturated carbocycles. The SMILES string of the molecule is CCN1CCN(C[C@H](C(C)=O)c2ccc(Cl)cc2)CC1. The van der Waals surface area contributed by atoms with Gasteiger partial charge in [0.25, 0.3) is 0 Å². The Morgan fingerprint density at radius 2 is 1.70 bits per heavy atom. The van der Waals surface area contributed by atoms with Crippen LogP contribution in [0.2, 0.25) is 5.02 Å². The van der Waals surface area contributed by atoms with Crippen LogP contribution in [0.1, 0.15) is 25.3 Å². The van der Waals surface area contributed by atoms with E-state index in [1.54, 1.807) is 6.92 Å². The molecule has 0 bridgehead atoms. The molecule has 4 heteroatoms. The number of carbonyl (C=O) groups is 1. The monoisotopic (exact) mass is 294 g/mol. The second-order valence-corrected chi connectivity index (χ2v) is 5.89. The quantitative estimate of drug-likeness (QED) is 0.834. The number of rotatable bonds is 5. The Morgan fingerprint density at radius 1 is 1.15 bits per heavy atom. The first kappa shape index (κ1) is 15.5. The zero-order valence-corrected chi connectivity index (χ0v) is 13.1. The van der Waals surface area contributed by atoms with Gasteiger partial charge in [-0.2, -0.15) is 0 Å². The summed E-state index contributed by atoms with van der Waals surface area (Å²) in [6.45, 7) is 10.1. The zero-order chi connectivity index (χ0) is 14.5. The minimum Gasteiger partial charge on any atom is -0.301 e. The number of halogens is 1. The summed E-state index contributed by atoms with van der Waals surface area (Å²) in [6.07, 6.45) is 0. The van der Waals surface area contributed by atoms with Gasteiger partial charge in [0.05, 0.1) is 5.92 Å². The first-order valence-electron chi connectivity index (χ1n) is 7.30. The van der Waals surface area contributed by atoms with E-state index in [0.29, 0.717) is 5.02 Å². The standard InChI is InChI=1S/C16H23ClN2O/c1-3-18-8-10-19(11-9-18)12-16(13(2)20)14-4-6-15(17)7-5-14/h4-7,16H,3,8-12H2,1-2H3/t16-/m1/s1. The van der Waals surface area contributed by atoms with Crippen molar-refractivity contribution in [2.24, 2.45) is 0 Å². The van der Waals surface area contributed by atoms with Gasteiger partial charge in [0.2, 0.25) is 0 Å².